The number of benzene rings is 2. The second-order valence-electron chi connectivity index (χ2n) is 5.01. The van der Waals surface area contributed by atoms with Crippen molar-refractivity contribution in [3.8, 4) is 11.5 Å². The number of aromatic nitrogens is 2. The third-order valence-corrected chi connectivity index (χ3v) is 3.65. The van der Waals surface area contributed by atoms with E-state index in [0.717, 1.165) is 11.0 Å². The molecule has 0 unspecified atom stereocenters. The van der Waals surface area contributed by atoms with Crippen LogP contribution in [-0.4, -0.2) is 22.3 Å². The van der Waals surface area contributed by atoms with Gasteiger partial charge in [0.05, 0.1) is 11.0 Å². The van der Waals surface area contributed by atoms with Crippen molar-refractivity contribution in [1.29, 1.82) is 0 Å². The quantitative estimate of drug-likeness (QED) is 0.789. The monoisotopic (exact) mass is 295 g/mol. The topological polar surface area (TPSA) is 65.4 Å². The summed E-state index contributed by atoms with van der Waals surface area (Å²) in [6.45, 7) is 0.186. The van der Waals surface area contributed by atoms with E-state index in [-0.39, 0.29) is 12.7 Å². The Kier molecular flexibility index (Phi) is 2.75. The van der Waals surface area contributed by atoms with Gasteiger partial charge in [-0.15, -0.1) is 0 Å². The lowest BCUT2D eigenvalue weighted by Crippen LogP contribution is -2.14. The van der Waals surface area contributed by atoms with Crippen molar-refractivity contribution >= 4 is 22.9 Å². The predicted molar refractivity (Wildman–Crippen MR) is 81.2 cm³/mol. The molecular weight excluding hydrogens is 282 g/mol. The number of ether oxygens (including phenoxy) is 2. The molecule has 0 bridgehead atoms. The molecule has 1 aromatic heterocycles. The molecule has 3 aromatic rings. The van der Waals surface area contributed by atoms with E-state index < -0.39 is 0 Å². The molecule has 0 fully saturated rings. The summed E-state index contributed by atoms with van der Waals surface area (Å²) in [5.74, 6) is 1.50. The van der Waals surface area contributed by atoms with Crippen molar-refractivity contribution in [2.24, 2.45) is 7.05 Å². The van der Waals surface area contributed by atoms with Crippen LogP contribution < -0.4 is 14.8 Å². The molecule has 2 heterocycles. The molecule has 6 heteroatoms. The van der Waals surface area contributed by atoms with E-state index in [9.17, 15) is 4.79 Å². The van der Waals surface area contributed by atoms with Crippen LogP contribution in [0, 0.1) is 0 Å². The minimum Gasteiger partial charge on any atom is -0.454 e. The van der Waals surface area contributed by atoms with Gasteiger partial charge in [-0.3, -0.25) is 10.1 Å². The summed E-state index contributed by atoms with van der Waals surface area (Å²) in [7, 11) is 1.87. The maximum absolute atomic E-state index is 12.4. The largest absolute Gasteiger partial charge is 0.454 e. The van der Waals surface area contributed by atoms with Crippen molar-refractivity contribution in [2.75, 3.05) is 12.1 Å². The number of carbonyl (C=O) groups excluding carboxylic acids is 1. The number of fused-ring (bicyclic) bond motifs is 2. The molecule has 1 amide bonds. The number of hydrogen-bond acceptors (Lipinski definition) is 4. The van der Waals surface area contributed by atoms with Crippen LogP contribution in [0.15, 0.2) is 42.5 Å². The van der Waals surface area contributed by atoms with Gasteiger partial charge in [-0.05, 0) is 30.3 Å². The number of amides is 1. The molecule has 4 rings (SSSR count). The Balaban J connectivity index is 1.64. The Labute approximate surface area is 126 Å². The summed E-state index contributed by atoms with van der Waals surface area (Å²) in [4.78, 5) is 16.8. The van der Waals surface area contributed by atoms with Crippen molar-refractivity contribution in [3.05, 3.63) is 48.0 Å². The maximum atomic E-state index is 12.4. The van der Waals surface area contributed by atoms with E-state index in [1.54, 1.807) is 18.2 Å². The number of carbonyl (C=O) groups is 1. The highest BCUT2D eigenvalue weighted by atomic mass is 16.7. The Bertz CT molecular complexity index is 885. The number of para-hydroxylation sites is 2. The highest BCUT2D eigenvalue weighted by molar-refractivity contribution is 6.04. The number of hydrogen-bond donors (Lipinski definition) is 1. The molecule has 0 radical (unpaired) electrons. The number of nitrogens with one attached hydrogen (secondary N) is 1. The molecule has 22 heavy (non-hydrogen) atoms. The molecule has 1 aliphatic heterocycles. The predicted octanol–water partition coefficient (Wildman–Crippen LogP) is 2.55. The van der Waals surface area contributed by atoms with Crippen LogP contribution in [0.3, 0.4) is 0 Å². The first-order chi connectivity index (χ1) is 10.7. The van der Waals surface area contributed by atoms with Crippen molar-refractivity contribution in [1.82, 2.24) is 9.55 Å². The Morgan fingerprint density at radius 3 is 2.86 bits per heavy atom. The first kappa shape index (κ1) is 12.7. The Hall–Kier alpha value is -3.02. The van der Waals surface area contributed by atoms with E-state index in [2.05, 4.69) is 10.3 Å². The summed E-state index contributed by atoms with van der Waals surface area (Å²) in [6, 6.07) is 12.8. The van der Waals surface area contributed by atoms with Gasteiger partial charge >= 0.3 is 0 Å². The highest BCUT2D eigenvalue weighted by Gasteiger charge is 2.17. The molecular formula is C16H13N3O3. The molecule has 0 aliphatic carbocycles. The summed E-state index contributed by atoms with van der Waals surface area (Å²) in [5.41, 5.74) is 2.30. The van der Waals surface area contributed by atoms with Crippen LogP contribution in [0.4, 0.5) is 5.95 Å². The zero-order valence-corrected chi connectivity index (χ0v) is 11.9. The number of anilines is 1. The molecule has 0 atom stereocenters. The van der Waals surface area contributed by atoms with Gasteiger partial charge in [0.2, 0.25) is 12.7 Å². The molecule has 2 aromatic carbocycles. The van der Waals surface area contributed by atoms with Crippen LogP contribution in [0.2, 0.25) is 0 Å². The van der Waals surface area contributed by atoms with Crippen LogP contribution >= 0.6 is 0 Å². The molecule has 0 saturated heterocycles. The summed E-state index contributed by atoms with van der Waals surface area (Å²) >= 11 is 0. The number of nitrogens with zero attached hydrogens (tertiary/aromatic N) is 2. The Morgan fingerprint density at radius 2 is 2.00 bits per heavy atom. The lowest BCUT2D eigenvalue weighted by atomic mass is 10.2. The van der Waals surface area contributed by atoms with Crippen molar-refractivity contribution in [3.63, 3.8) is 0 Å². The molecule has 1 aliphatic rings. The molecule has 0 spiro atoms. The fourth-order valence-corrected chi connectivity index (χ4v) is 2.47. The van der Waals surface area contributed by atoms with E-state index in [0.29, 0.717) is 23.0 Å². The van der Waals surface area contributed by atoms with Crippen LogP contribution in [0.1, 0.15) is 10.4 Å². The van der Waals surface area contributed by atoms with Gasteiger partial charge in [-0.2, -0.15) is 0 Å². The average molecular weight is 295 g/mol. The van der Waals surface area contributed by atoms with E-state index in [1.807, 2.05) is 35.9 Å². The minimum atomic E-state index is -0.239. The second-order valence-corrected chi connectivity index (χ2v) is 5.01. The van der Waals surface area contributed by atoms with E-state index in [4.69, 9.17) is 9.47 Å². The zero-order valence-electron chi connectivity index (χ0n) is 11.9. The standard InChI is InChI=1S/C16H13N3O3/c1-19-12-5-3-2-4-11(12)17-16(19)18-15(20)10-6-7-13-14(8-10)22-9-21-13/h2-8H,9H2,1H3,(H,17,18,20). The van der Waals surface area contributed by atoms with Gasteiger partial charge in [0.25, 0.3) is 5.91 Å². The van der Waals surface area contributed by atoms with Crippen molar-refractivity contribution in [2.45, 2.75) is 0 Å². The fraction of sp³-hybridized carbons (Fsp3) is 0.125. The molecule has 0 saturated carbocycles. The van der Waals surface area contributed by atoms with Gasteiger partial charge in [0.1, 0.15) is 0 Å². The minimum absolute atomic E-state index is 0.186. The lowest BCUT2D eigenvalue weighted by molar-refractivity contribution is 0.102. The van der Waals surface area contributed by atoms with Gasteiger partial charge in [0.15, 0.2) is 11.5 Å². The van der Waals surface area contributed by atoms with Crippen LogP contribution in [-0.2, 0) is 7.05 Å². The summed E-state index contributed by atoms with van der Waals surface area (Å²) in [5, 5.41) is 2.82. The van der Waals surface area contributed by atoms with Gasteiger partial charge in [-0.25, -0.2) is 4.98 Å². The Morgan fingerprint density at radius 1 is 1.18 bits per heavy atom. The zero-order chi connectivity index (χ0) is 15.1. The van der Waals surface area contributed by atoms with E-state index >= 15 is 0 Å². The summed E-state index contributed by atoms with van der Waals surface area (Å²) < 4.78 is 12.4. The number of rotatable bonds is 2. The second kappa shape index (κ2) is 4.77. The highest BCUT2D eigenvalue weighted by Crippen LogP contribution is 2.32. The van der Waals surface area contributed by atoms with Crippen LogP contribution in [0.25, 0.3) is 11.0 Å². The third kappa shape index (κ3) is 1.96. The van der Waals surface area contributed by atoms with E-state index in [1.165, 1.54) is 0 Å². The smallest absolute Gasteiger partial charge is 0.258 e. The number of imidazole rings is 1. The van der Waals surface area contributed by atoms with Crippen molar-refractivity contribution < 1.29 is 14.3 Å². The fourth-order valence-electron chi connectivity index (χ4n) is 2.47. The normalized spacial score (nSPS) is 12.6. The van der Waals surface area contributed by atoms with Gasteiger partial charge in [0, 0.05) is 12.6 Å². The molecule has 6 nitrogen and oxygen atoms in total. The first-order valence-corrected chi connectivity index (χ1v) is 6.85. The first-order valence-electron chi connectivity index (χ1n) is 6.85. The average Bonchev–Trinajstić information content (AvgIpc) is 3.12. The SMILES string of the molecule is Cn1c(NC(=O)c2ccc3c(c2)OCO3)nc2ccccc21. The lowest BCUT2D eigenvalue weighted by Gasteiger charge is -2.06. The maximum Gasteiger partial charge on any atom is 0.258 e. The van der Waals surface area contributed by atoms with Gasteiger partial charge in [-0.1, -0.05) is 12.1 Å². The molecule has 1 N–H and O–H groups in total. The van der Waals surface area contributed by atoms with Gasteiger partial charge < -0.3 is 14.0 Å². The molecule has 110 valence electrons. The number of aryl methyl sites for hydroxylation is 1. The third-order valence-electron chi connectivity index (χ3n) is 3.65. The summed E-state index contributed by atoms with van der Waals surface area (Å²) in [6.07, 6.45) is 0. The van der Waals surface area contributed by atoms with Crippen LogP contribution in [0.5, 0.6) is 11.5 Å².